The Kier molecular flexibility index (Phi) is 3.62. The van der Waals surface area contributed by atoms with Crippen molar-refractivity contribution in [2.45, 2.75) is 6.18 Å². The van der Waals surface area contributed by atoms with Crippen molar-refractivity contribution in [1.82, 2.24) is 4.98 Å². The fourth-order valence-electron chi connectivity index (χ4n) is 2.25. The normalized spacial score (nSPS) is 11.2. The number of anilines is 2. The molecule has 3 aromatic rings. The van der Waals surface area contributed by atoms with Crippen LogP contribution in [-0.4, -0.2) is 4.98 Å². The molecule has 0 saturated carbocycles. The Bertz CT molecular complexity index is 911. The predicted octanol–water partition coefficient (Wildman–Crippen LogP) is 4.87. The van der Waals surface area contributed by atoms with Crippen molar-refractivity contribution < 1.29 is 13.2 Å². The van der Waals surface area contributed by atoms with E-state index < -0.39 is 11.7 Å². The first kappa shape index (κ1) is 14.9. The molecule has 6 heteroatoms. The standard InChI is InChI=1S/C17H10F3N3/c18-17(19,20)12-4-5-15-14(9-12)16(6-7-22-15)23-13-3-1-2-11(8-13)10-21/h1-9H,(H,22,23). The Morgan fingerprint density at radius 2 is 1.87 bits per heavy atom. The lowest BCUT2D eigenvalue weighted by Crippen LogP contribution is -2.05. The summed E-state index contributed by atoms with van der Waals surface area (Å²) < 4.78 is 38.7. The SMILES string of the molecule is N#Cc1cccc(Nc2ccnc3ccc(C(F)(F)F)cc23)c1. The molecule has 0 fully saturated rings. The number of hydrogen-bond acceptors (Lipinski definition) is 3. The molecular formula is C17H10F3N3. The number of pyridine rings is 1. The number of halogens is 3. The minimum Gasteiger partial charge on any atom is -0.355 e. The fourth-order valence-corrected chi connectivity index (χ4v) is 2.25. The van der Waals surface area contributed by atoms with Crippen LogP contribution in [0, 0.1) is 11.3 Å². The van der Waals surface area contributed by atoms with E-state index in [1.54, 1.807) is 30.3 Å². The number of aromatic nitrogens is 1. The van der Waals surface area contributed by atoms with Crippen molar-refractivity contribution in [2.24, 2.45) is 0 Å². The molecule has 23 heavy (non-hydrogen) atoms. The molecule has 0 aliphatic carbocycles. The smallest absolute Gasteiger partial charge is 0.355 e. The molecule has 3 nitrogen and oxygen atoms in total. The summed E-state index contributed by atoms with van der Waals surface area (Å²) in [7, 11) is 0. The number of rotatable bonds is 2. The van der Waals surface area contributed by atoms with Crippen molar-refractivity contribution >= 4 is 22.3 Å². The average Bonchev–Trinajstić information content (AvgIpc) is 2.54. The van der Waals surface area contributed by atoms with Crippen LogP contribution in [0.3, 0.4) is 0 Å². The third kappa shape index (κ3) is 3.09. The van der Waals surface area contributed by atoms with Gasteiger partial charge in [0.25, 0.3) is 0 Å². The fraction of sp³-hybridized carbons (Fsp3) is 0.0588. The van der Waals surface area contributed by atoms with Crippen LogP contribution >= 0.6 is 0 Å². The van der Waals surface area contributed by atoms with Crippen LogP contribution in [0.5, 0.6) is 0 Å². The van der Waals surface area contributed by atoms with Gasteiger partial charge in [0.2, 0.25) is 0 Å². The summed E-state index contributed by atoms with van der Waals surface area (Å²) in [5, 5.41) is 12.3. The van der Waals surface area contributed by atoms with Crippen molar-refractivity contribution in [1.29, 1.82) is 5.26 Å². The molecule has 0 amide bonds. The van der Waals surface area contributed by atoms with E-state index in [1.807, 2.05) is 6.07 Å². The minimum atomic E-state index is -4.41. The number of nitrogens with zero attached hydrogens (tertiary/aromatic N) is 2. The van der Waals surface area contributed by atoms with Crippen LogP contribution in [-0.2, 0) is 6.18 Å². The largest absolute Gasteiger partial charge is 0.416 e. The molecule has 2 aromatic carbocycles. The lowest BCUT2D eigenvalue weighted by molar-refractivity contribution is -0.137. The maximum atomic E-state index is 12.9. The summed E-state index contributed by atoms with van der Waals surface area (Å²) in [6.45, 7) is 0. The molecular weight excluding hydrogens is 303 g/mol. The Labute approximate surface area is 130 Å². The highest BCUT2D eigenvalue weighted by Crippen LogP contribution is 2.33. The van der Waals surface area contributed by atoms with E-state index in [-0.39, 0.29) is 0 Å². The number of benzene rings is 2. The number of fused-ring (bicyclic) bond motifs is 1. The number of nitriles is 1. The van der Waals surface area contributed by atoms with Gasteiger partial charge in [-0.25, -0.2) is 0 Å². The van der Waals surface area contributed by atoms with Crippen LogP contribution in [0.4, 0.5) is 24.5 Å². The van der Waals surface area contributed by atoms with E-state index in [0.717, 1.165) is 12.1 Å². The van der Waals surface area contributed by atoms with Gasteiger partial charge in [-0.1, -0.05) is 6.07 Å². The molecule has 3 rings (SSSR count). The van der Waals surface area contributed by atoms with Crippen LogP contribution in [0.25, 0.3) is 10.9 Å². The first-order valence-corrected chi connectivity index (χ1v) is 6.70. The zero-order valence-electron chi connectivity index (χ0n) is 11.7. The number of nitrogens with one attached hydrogen (secondary N) is 1. The van der Waals surface area contributed by atoms with Crippen LogP contribution in [0.15, 0.2) is 54.7 Å². The molecule has 0 aliphatic heterocycles. The van der Waals surface area contributed by atoms with Gasteiger partial charge in [-0.05, 0) is 42.5 Å². The predicted molar refractivity (Wildman–Crippen MR) is 81.2 cm³/mol. The van der Waals surface area contributed by atoms with Gasteiger partial charge >= 0.3 is 6.18 Å². The molecule has 0 atom stereocenters. The number of alkyl halides is 3. The molecule has 1 heterocycles. The lowest BCUT2D eigenvalue weighted by atomic mass is 10.1. The van der Waals surface area contributed by atoms with Gasteiger partial charge in [0.05, 0.1) is 22.7 Å². The molecule has 0 unspecified atom stereocenters. The lowest BCUT2D eigenvalue weighted by Gasteiger charge is -2.12. The molecule has 0 aliphatic rings. The second-order valence-electron chi connectivity index (χ2n) is 4.91. The van der Waals surface area contributed by atoms with Gasteiger partial charge in [0.1, 0.15) is 0 Å². The van der Waals surface area contributed by atoms with Gasteiger partial charge in [0.15, 0.2) is 0 Å². The minimum absolute atomic E-state index is 0.365. The molecule has 0 radical (unpaired) electrons. The zero-order valence-corrected chi connectivity index (χ0v) is 11.7. The molecule has 0 spiro atoms. The maximum absolute atomic E-state index is 12.9. The van der Waals surface area contributed by atoms with E-state index in [9.17, 15) is 13.2 Å². The van der Waals surface area contributed by atoms with E-state index >= 15 is 0 Å². The highest BCUT2D eigenvalue weighted by Gasteiger charge is 2.30. The van der Waals surface area contributed by atoms with Gasteiger partial charge in [-0.2, -0.15) is 18.4 Å². The Balaban J connectivity index is 2.08. The van der Waals surface area contributed by atoms with Crippen LogP contribution < -0.4 is 5.32 Å². The second-order valence-corrected chi connectivity index (χ2v) is 4.91. The Hall–Kier alpha value is -3.07. The molecule has 0 saturated heterocycles. The monoisotopic (exact) mass is 313 g/mol. The Morgan fingerprint density at radius 1 is 1.04 bits per heavy atom. The molecule has 114 valence electrons. The Morgan fingerprint density at radius 3 is 2.61 bits per heavy atom. The van der Waals surface area contributed by atoms with Gasteiger partial charge in [0, 0.05) is 23.0 Å². The van der Waals surface area contributed by atoms with Crippen molar-refractivity contribution in [3.8, 4) is 6.07 Å². The number of hydrogen-bond donors (Lipinski definition) is 1. The topological polar surface area (TPSA) is 48.7 Å². The van der Waals surface area contributed by atoms with Crippen LogP contribution in [0.1, 0.15) is 11.1 Å². The zero-order chi connectivity index (χ0) is 16.4. The van der Waals surface area contributed by atoms with E-state index in [0.29, 0.717) is 27.8 Å². The summed E-state index contributed by atoms with van der Waals surface area (Å²) in [4.78, 5) is 4.08. The maximum Gasteiger partial charge on any atom is 0.416 e. The quantitative estimate of drug-likeness (QED) is 0.734. The first-order valence-electron chi connectivity index (χ1n) is 6.70. The van der Waals surface area contributed by atoms with Gasteiger partial charge < -0.3 is 5.32 Å². The summed E-state index contributed by atoms with van der Waals surface area (Å²) in [6.07, 6.45) is -2.89. The van der Waals surface area contributed by atoms with Gasteiger partial charge in [-0.3, -0.25) is 4.98 Å². The average molecular weight is 313 g/mol. The third-order valence-electron chi connectivity index (χ3n) is 3.34. The highest BCUT2D eigenvalue weighted by atomic mass is 19.4. The first-order chi connectivity index (χ1) is 11.0. The van der Waals surface area contributed by atoms with Crippen LogP contribution in [0.2, 0.25) is 0 Å². The van der Waals surface area contributed by atoms with Crippen molar-refractivity contribution in [3.05, 3.63) is 65.9 Å². The molecule has 1 N–H and O–H groups in total. The van der Waals surface area contributed by atoms with E-state index in [4.69, 9.17) is 5.26 Å². The summed E-state index contributed by atoms with van der Waals surface area (Å²) in [6, 6.07) is 13.7. The van der Waals surface area contributed by atoms with E-state index in [1.165, 1.54) is 12.3 Å². The van der Waals surface area contributed by atoms with Gasteiger partial charge in [-0.15, -0.1) is 0 Å². The highest BCUT2D eigenvalue weighted by molar-refractivity contribution is 5.93. The summed E-state index contributed by atoms with van der Waals surface area (Å²) >= 11 is 0. The molecule has 1 aromatic heterocycles. The second kappa shape index (κ2) is 5.61. The van der Waals surface area contributed by atoms with Crippen molar-refractivity contribution in [2.75, 3.05) is 5.32 Å². The van der Waals surface area contributed by atoms with Crippen molar-refractivity contribution in [3.63, 3.8) is 0 Å². The molecule has 0 bridgehead atoms. The summed E-state index contributed by atoms with van der Waals surface area (Å²) in [5.41, 5.74) is 1.31. The third-order valence-corrected chi connectivity index (χ3v) is 3.34. The van der Waals surface area contributed by atoms with E-state index in [2.05, 4.69) is 10.3 Å². The summed E-state index contributed by atoms with van der Waals surface area (Å²) in [5.74, 6) is 0.